The zero-order valence-electron chi connectivity index (χ0n) is 9.37. The Morgan fingerprint density at radius 3 is 2.67 bits per heavy atom. The molecule has 0 unspecified atom stereocenters. The Morgan fingerprint density at radius 2 is 2.20 bits per heavy atom. The van der Waals surface area contributed by atoms with Gasteiger partial charge < -0.3 is 5.73 Å². The summed E-state index contributed by atoms with van der Waals surface area (Å²) >= 11 is 7.55. The summed E-state index contributed by atoms with van der Waals surface area (Å²) in [6.45, 7) is 8.18. The smallest absolute Gasteiger partial charge is 0.0931 e. The average Bonchev–Trinajstić information content (AvgIpc) is 2.50. The lowest BCUT2D eigenvalue weighted by molar-refractivity contribution is 0.244. The lowest BCUT2D eigenvalue weighted by Gasteiger charge is -2.22. The van der Waals surface area contributed by atoms with Crippen LogP contribution in [0.3, 0.4) is 0 Å². The van der Waals surface area contributed by atoms with E-state index in [1.54, 1.807) is 11.3 Å². The first kappa shape index (κ1) is 13.0. The normalized spacial score (nSPS) is 11.6. The van der Waals surface area contributed by atoms with Gasteiger partial charge in [0, 0.05) is 31.1 Å². The largest absolute Gasteiger partial charge is 0.329 e. The third-order valence-corrected chi connectivity index (χ3v) is 3.29. The van der Waals surface area contributed by atoms with E-state index in [9.17, 15) is 0 Å². The van der Waals surface area contributed by atoms with Gasteiger partial charge >= 0.3 is 0 Å². The SMILES string of the molecule is CC(C)CN(CCN)Cc1ccc(Cl)s1. The lowest BCUT2D eigenvalue weighted by atomic mass is 10.2. The highest BCUT2D eigenvalue weighted by Crippen LogP contribution is 2.22. The number of hydrogen-bond acceptors (Lipinski definition) is 3. The molecule has 0 bridgehead atoms. The number of rotatable bonds is 6. The van der Waals surface area contributed by atoms with Crippen molar-refractivity contribution in [2.75, 3.05) is 19.6 Å². The molecular weight excluding hydrogens is 228 g/mol. The molecule has 1 aromatic rings. The summed E-state index contributed by atoms with van der Waals surface area (Å²) in [5.41, 5.74) is 5.60. The topological polar surface area (TPSA) is 29.3 Å². The highest BCUT2D eigenvalue weighted by Gasteiger charge is 2.08. The fourth-order valence-corrected chi connectivity index (χ4v) is 2.72. The van der Waals surface area contributed by atoms with Crippen LogP contribution in [0.25, 0.3) is 0 Å². The van der Waals surface area contributed by atoms with Gasteiger partial charge in [0.2, 0.25) is 0 Å². The van der Waals surface area contributed by atoms with Crippen molar-refractivity contribution in [2.24, 2.45) is 11.7 Å². The zero-order valence-corrected chi connectivity index (χ0v) is 10.9. The van der Waals surface area contributed by atoms with Crippen molar-refractivity contribution in [1.82, 2.24) is 4.90 Å². The second-order valence-corrected chi connectivity index (χ2v) is 5.92. The maximum Gasteiger partial charge on any atom is 0.0931 e. The maximum absolute atomic E-state index is 5.90. The summed E-state index contributed by atoms with van der Waals surface area (Å²) < 4.78 is 0.863. The predicted octanol–water partition coefficient (Wildman–Crippen LogP) is 2.82. The van der Waals surface area contributed by atoms with E-state index in [0.29, 0.717) is 12.5 Å². The molecule has 4 heteroatoms. The maximum atomic E-state index is 5.90. The molecule has 0 aliphatic carbocycles. The molecule has 86 valence electrons. The van der Waals surface area contributed by atoms with Gasteiger partial charge in [0.25, 0.3) is 0 Å². The third kappa shape index (κ3) is 4.98. The minimum atomic E-state index is 0.673. The molecule has 0 saturated heterocycles. The van der Waals surface area contributed by atoms with Crippen molar-refractivity contribution in [3.8, 4) is 0 Å². The Morgan fingerprint density at radius 1 is 1.47 bits per heavy atom. The van der Waals surface area contributed by atoms with Gasteiger partial charge in [-0.25, -0.2) is 0 Å². The van der Waals surface area contributed by atoms with Gasteiger partial charge in [0.1, 0.15) is 0 Å². The van der Waals surface area contributed by atoms with E-state index in [4.69, 9.17) is 17.3 Å². The summed E-state index contributed by atoms with van der Waals surface area (Å²) in [5, 5.41) is 0. The standard InChI is InChI=1S/C11H19ClN2S/c1-9(2)7-14(6-5-13)8-10-3-4-11(12)15-10/h3-4,9H,5-8,13H2,1-2H3. The Balaban J connectivity index is 2.50. The summed E-state index contributed by atoms with van der Waals surface area (Å²) in [6, 6.07) is 4.05. The van der Waals surface area contributed by atoms with Gasteiger partial charge in [-0.05, 0) is 18.1 Å². The van der Waals surface area contributed by atoms with Crippen molar-refractivity contribution < 1.29 is 0 Å². The van der Waals surface area contributed by atoms with Crippen LogP contribution >= 0.6 is 22.9 Å². The van der Waals surface area contributed by atoms with Crippen LogP contribution in [0.15, 0.2) is 12.1 Å². The van der Waals surface area contributed by atoms with Crippen LogP contribution in [0.4, 0.5) is 0 Å². The van der Waals surface area contributed by atoms with Gasteiger partial charge in [0.05, 0.1) is 4.34 Å². The highest BCUT2D eigenvalue weighted by atomic mass is 35.5. The molecule has 0 spiro atoms. The molecular formula is C11H19ClN2S. The molecule has 0 amide bonds. The molecule has 2 nitrogen and oxygen atoms in total. The second kappa shape index (κ2) is 6.48. The number of hydrogen-bond donors (Lipinski definition) is 1. The number of halogens is 1. The molecule has 0 aliphatic heterocycles. The van der Waals surface area contributed by atoms with Gasteiger partial charge in [-0.2, -0.15) is 0 Å². The molecule has 0 fully saturated rings. The summed E-state index contributed by atoms with van der Waals surface area (Å²) in [7, 11) is 0. The van der Waals surface area contributed by atoms with Crippen molar-refractivity contribution in [2.45, 2.75) is 20.4 Å². The van der Waals surface area contributed by atoms with Crippen LogP contribution < -0.4 is 5.73 Å². The minimum Gasteiger partial charge on any atom is -0.329 e. The molecule has 15 heavy (non-hydrogen) atoms. The number of nitrogens with zero attached hydrogens (tertiary/aromatic N) is 1. The molecule has 1 rings (SSSR count). The quantitative estimate of drug-likeness (QED) is 0.837. The Kier molecular flexibility index (Phi) is 5.61. The fourth-order valence-electron chi connectivity index (χ4n) is 1.59. The van der Waals surface area contributed by atoms with Crippen LogP contribution in [0.5, 0.6) is 0 Å². The first-order valence-corrected chi connectivity index (χ1v) is 6.48. The second-order valence-electron chi connectivity index (χ2n) is 4.12. The first-order chi connectivity index (χ1) is 7.11. The van der Waals surface area contributed by atoms with Crippen molar-refractivity contribution >= 4 is 22.9 Å². The molecule has 0 aromatic carbocycles. The summed E-state index contributed by atoms with van der Waals surface area (Å²) in [5.74, 6) is 0.673. The molecule has 0 aliphatic rings. The first-order valence-electron chi connectivity index (χ1n) is 5.28. The van der Waals surface area contributed by atoms with Gasteiger partial charge in [-0.1, -0.05) is 25.4 Å². The van der Waals surface area contributed by atoms with Crippen molar-refractivity contribution in [3.63, 3.8) is 0 Å². The van der Waals surface area contributed by atoms with Gasteiger partial charge in [-0.3, -0.25) is 4.90 Å². The molecule has 0 radical (unpaired) electrons. The third-order valence-electron chi connectivity index (χ3n) is 2.08. The predicted molar refractivity (Wildman–Crippen MR) is 68.5 cm³/mol. The number of thiophene rings is 1. The Hall–Kier alpha value is -0.0900. The minimum absolute atomic E-state index is 0.673. The Labute approximate surface area is 101 Å². The summed E-state index contributed by atoms with van der Waals surface area (Å²) in [4.78, 5) is 3.70. The van der Waals surface area contributed by atoms with E-state index >= 15 is 0 Å². The molecule has 0 saturated carbocycles. The van der Waals surface area contributed by atoms with E-state index in [-0.39, 0.29) is 0 Å². The number of nitrogens with two attached hydrogens (primary N) is 1. The van der Waals surface area contributed by atoms with Crippen molar-refractivity contribution in [3.05, 3.63) is 21.3 Å². The summed E-state index contributed by atoms with van der Waals surface area (Å²) in [6.07, 6.45) is 0. The van der Waals surface area contributed by atoms with Gasteiger partial charge in [-0.15, -0.1) is 11.3 Å². The van der Waals surface area contributed by atoms with Gasteiger partial charge in [0.15, 0.2) is 0 Å². The van der Waals surface area contributed by atoms with Crippen LogP contribution in [-0.2, 0) is 6.54 Å². The van der Waals surface area contributed by atoms with E-state index in [1.807, 2.05) is 6.07 Å². The zero-order chi connectivity index (χ0) is 11.3. The molecule has 1 heterocycles. The monoisotopic (exact) mass is 246 g/mol. The Bertz CT molecular complexity index is 286. The lowest BCUT2D eigenvalue weighted by Crippen LogP contribution is -2.31. The van der Waals surface area contributed by atoms with Crippen LogP contribution in [0, 0.1) is 5.92 Å². The molecule has 2 N–H and O–H groups in total. The highest BCUT2D eigenvalue weighted by molar-refractivity contribution is 7.16. The molecule has 0 atom stereocenters. The van der Waals surface area contributed by atoms with E-state index in [0.717, 1.165) is 24.0 Å². The fraction of sp³-hybridized carbons (Fsp3) is 0.636. The van der Waals surface area contributed by atoms with E-state index < -0.39 is 0 Å². The van der Waals surface area contributed by atoms with Crippen molar-refractivity contribution in [1.29, 1.82) is 0 Å². The van der Waals surface area contributed by atoms with Crippen LogP contribution in [0.2, 0.25) is 4.34 Å². The van der Waals surface area contributed by atoms with Crippen LogP contribution in [0.1, 0.15) is 18.7 Å². The molecule has 1 aromatic heterocycles. The van der Waals surface area contributed by atoms with Crippen LogP contribution in [-0.4, -0.2) is 24.5 Å². The van der Waals surface area contributed by atoms with E-state index in [1.165, 1.54) is 4.88 Å². The van der Waals surface area contributed by atoms with E-state index in [2.05, 4.69) is 24.8 Å². The average molecular weight is 247 g/mol.